The van der Waals surface area contributed by atoms with Gasteiger partial charge in [-0.2, -0.15) is 30.8 Å². The van der Waals surface area contributed by atoms with Gasteiger partial charge in [-0.1, -0.05) is 30.3 Å². The van der Waals surface area contributed by atoms with Gasteiger partial charge in [0.05, 0.1) is 11.4 Å². The van der Waals surface area contributed by atoms with Crippen LogP contribution in [-0.4, -0.2) is 40.8 Å². The van der Waals surface area contributed by atoms with E-state index in [1.807, 2.05) is 60.7 Å². The summed E-state index contributed by atoms with van der Waals surface area (Å²) in [7, 11) is 0. The van der Waals surface area contributed by atoms with Crippen LogP contribution in [0.5, 0.6) is 0 Å². The molecule has 28 heavy (non-hydrogen) atoms. The fourth-order valence-electron chi connectivity index (χ4n) is 3.04. The van der Waals surface area contributed by atoms with Gasteiger partial charge < -0.3 is 0 Å². The molecule has 0 aliphatic heterocycles. The predicted octanol–water partition coefficient (Wildman–Crippen LogP) is 3.38. The standard InChI is InChI=1S/C20H14N8/c1-3-10-21-15(8-1)19-17(23-27-25-19)13-6-5-7-14(12-13)18-20(26-28-24-18)16-9-2-4-11-22-16/h1-12H,(H,23,25,27)(H,24,26,28). The van der Waals surface area contributed by atoms with Gasteiger partial charge in [0, 0.05) is 23.5 Å². The van der Waals surface area contributed by atoms with E-state index in [9.17, 15) is 0 Å². The van der Waals surface area contributed by atoms with Crippen molar-refractivity contribution in [2.45, 2.75) is 0 Å². The molecule has 8 nitrogen and oxygen atoms in total. The summed E-state index contributed by atoms with van der Waals surface area (Å²) in [5.74, 6) is 0. The Hall–Kier alpha value is -4.20. The summed E-state index contributed by atoms with van der Waals surface area (Å²) in [5.41, 5.74) is 6.17. The molecule has 2 N–H and O–H groups in total. The van der Waals surface area contributed by atoms with Crippen LogP contribution in [0.3, 0.4) is 0 Å². The molecule has 0 fully saturated rings. The van der Waals surface area contributed by atoms with E-state index in [-0.39, 0.29) is 0 Å². The molecule has 8 heteroatoms. The maximum atomic E-state index is 4.38. The monoisotopic (exact) mass is 366 g/mol. The molecule has 0 atom stereocenters. The highest BCUT2D eigenvalue weighted by molar-refractivity contribution is 5.81. The molecule has 4 heterocycles. The minimum Gasteiger partial charge on any atom is -0.254 e. The van der Waals surface area contributed by atoms with Crippen molar-refractivity contribution in [3.8, 4) is 45.3 Å². The minimum absolute atomic E-state index is 0.697. The number of nitrogens with one attached hydrogen (secondary N) is 2. The summed E-state index contributed by atoms with van der Waals surface area (Å²) in [6.45, 7) is 0. The summed E-state index contributed by atoms with van der Waals surface area (Å²) in [5, 5.41) is 22.6. The number of nitrogens with zero attached hydrogens (tertiary/aromatic N) is 6. The van der Waals surface area contributed by atoms with Gasteiger partial charge in [-0.15, -0.1) is 0 Å². The second-order valence-corrected chi connectivity index (χ2v) is 6.05. The van der Waals surface area contributed by atoms with E-state index in [0.29, 0.717) is 11.4 Å². The zero-order chi connectivity index (χ0) is 18.8. The SMILES string of the molecule is c1ccc(-c2n[nH]nc2-c2cccc(-c3n[nH]nc3-c3ccccn3)c2)nc1. The molecule has 4 aromatic heterocycles. The van der Waals surface area contributed by atoms with Crippen molar-refractivity contribution in [2.75, 3.05) is 0 Å². The van der Waals surface area contributed by atoms with Crippen LogP contribution in [0.1, 0.15) is 0 Å². The summed E-state index contributed by atoms with van der Waals surface area (Å²) in [6, 6.07) is 19.3. The Morgan fingerprint density at radius 3 is 1.46 bits per heavy atom. The average Bonchev–Trinajstić information content (AvgIpc) is 3.45. The van der Waals surface area contributed by atoms with Gasteiger partial charge in [0.2, 0.25) is 0 Å². The first-order valence-electron chi connectivity index (χ1n) is 8.65. The van der Waals surface area contributed by atoms with Gasteiger partial charge in [-0.05, 0) is 30.3 Å². The number of benzene rings is 1. The number of aromatic nitrogens is 8. The fourth-order valence-corrected chi connectivity index (χ4v) is 3.04. The number of hydrogen-bond acceptors (Lipinski definition) is 6. The summed E-state index contributed by atoms with van der Waals surface area (Å²) in [6.07, 6.45) is 3.47. The molecule has 0 unspecified atom stereocenters. The van der Waals surface area contributed by atoms with Crippen molar-refractivity contribution in [1.29, 1.82) is 0 Å². The van der Waals surface area contributed by atoms with Crippen molar-refractivity contribution in [1.82, 2.24) is 40.8 Å². The molecule has 0 bridgehead atoms. The second kappa shape index (κ2) is 6.84. The largest absolute Gasteiger partial charge is 0.254 e. The molecule has 0 radical (unpaired) electrons. The number of H-pyrrole nitrogens is 2. The third kappa shape index (κ3) is 2.82. The van der Waals surface area contributed by atoms with Crippen molar-refractivity contribution in [3.63, 3.8) is 0 Å². The molecule has 134 valence electrons. The quantitative estimate of drug-likeness (QED) is 0.505. The van der Waals surface area contributed by atoms with E-state index in [2.05, 4.69) is 40.8 Å². The highest BCUT2D eigenvalue weighted by Gasteiger charge is 2.17. The molecule has 0 amide bonds. The van der Waals surface area contributed by atoms with Crippen molar-refractivity contribution in [2.24, 2.45) is 0 Å². The first-order valence-corrected chi connectivity index (χ1v) is 8.65. The lowest BCUT2D eigenvalue weighted by atomic mass is 10.0. The Morgan fingerprint density at radius 1 is 0.500 bits per heavy atom. The van der Waals surface area contributed by atoms with E-state index >= 15 is 0 Å². The van der Waals surface area contributed by atoms with Crippen LogP contribution in [0.15, 0.2) is 73.1 Å². The Morgan fingerprint density at radius 2 is 1.00 bits per heavy atom. The molecular formula is C20H14N8. The Labute approximate surface area is 159 Å². The Bertz CT molecular complexity index is 1120. The molecular weight excluding hydrogens is 352 g/mol. The first-order chi connectivity index (χ1) is 13.9. The number of rotatable bonds is 4. The average molecular weight is 366 g/mol. The summed E-state index contributed by atoms with van der Waals surface area (Å²) < 4.78 is 0. The summed E-state index contributed by atoms with van der Waals surface area (Å²) >= 11 is 0. The predicted molar refractivity (Wildman–Crippen MR) is 104 cm³/mol. The number of aromatic amines is 2. The van der Waals surface area contributed by atoms with Crippen molar-refractivity contribution in [3.05, 3.63) is 73.1 Å². The lowest BCUT2D eigenvalue weighted by molar-refractivity contribution is 0.942. The van der Waals surface area contributed by atoms with Gasteiger partial charge in [0.15, 0.2) is 0 Å². The highest BCUT2D eigenvalue weighted by atomic mass is 15.3. The van der Waals surface area contributed by atoms with Crippen LogP contribution in [0.25, 0.3) is 45.3 Å². The van der Waals surface area contributed by atoms with E-state index in [1.54, 1.807) is 12.4 Å². The molecule has 5 rings (SSSR count). The smallest absolute Gasteiger partial charge is 0.139 e. The van der Waals surface area contributed by atoms with Crippen LogP contribution in [-0.2, 0) is 0 Å². The van der Waals surface area contributed by atoms with E-state index in [4.69, 9.17) is 0 Å². The lowest BCUT2D eigenvalue weighted by Crippen LogP contribution is -1.89. The van der Waals surface area contributed by atoms with Crippen LogP contribution in [0.4, 0.5) is 0 Å². The Balaban J connectivity index is 1.59. The third-order valence-electron chi connectivity index (χ3n) is 4.32. The third-order valence-corrected chi connectivity index (χ3v) is 4.32. The van der Waals surface area contributed by atoms with Crippen LogP contribution in [0.2, 0.25) is 0 Å². The van der Waals surface area contributed by atoms with Crippen molar-refractivity contribution >= 4 is 0 Å². The molecule has 0 aliphatic carbocycles. The van der Waals surface area contributed by atoms with Gasteiger partial charge in [-0.3, -0.25) is 9.97 Å². The van der Waals surface area contributed by atoms with Crippen LogP contribution >= 0.6 is 0 Å². The maximum absolute atomic E-state index is 4.38. The fraction of sp³-hybridized carbons (Fsp3) is 0. The molecule has 0 saturated carbocycles. The zero-order valence-electron chi connectivity index (χ0n) is 14.6. The molecule has 0 saturated heterocycles. The number of hydrogen-bond donors (Lipinski definition) is 2. The van der Waals surface area contributed by atoms with E-state index < -0.39 is 0 Å². The van der Waals surface area contributed by atoms with Crippen LogP contribution in [0, 0.1) is 0 Å². The van der Waals surface area contributed by atoms with Gasteiger partial charge >= 0.3 is 0 Å². The Kier molecular flexibility index (Phi) is 3.91. The normalized spacial score (nSPS) is 10.9. The van der Waals surface area contributed by atoms with E-state index in [0.717, 1.165) is 33.9 Å². The van der Waals surface area contributed by atoms with Gasteiger partial charge in [-0.25, -0.2) is 0 Å². The summed E-state index contributed by atoms with van der Waals surface area (Å²) in [4.78, 5) is 8.75. The van der Waals surface area contributed by atoms with Crippen LogP contribution < -0.4 is 0 Å². The molecule has 0 aliphatic rings. The molecule has 0 spiro atoms. The van der Waals surface area contributed by atoms with Gasteiger partial charge in [0.1, 0.15) is 22.8 Å². The first kappa shape index (κ1) is 16.0. The zero-order valence-corrected chi connectivity index (χ0v) is 14.6. The van der Waals surface area contributed by atoms with Gasteiger partial charge in [0.25, 0.3) is 0 Å². The maximum Gasteiger partial charge on any atom is 0.139 e. The molecule has 5 aromatic rings. The van der Waals surface area contributed by atoms with Crippen molar-refractivity contribution < 1.29 is 0 Å². The number of pyridine rings is 2. The molecule has 1 aromatic carbocycles. The van der Waals surface area contributed by atoms with E-state index in [1.165, 1.54) is 0 Å². The second-order valence-electron chi connectivity index (χ2n) is 6.05. The minimum atomic E-state index is 0.697. The lowest BCUT2D eigenvalue weighted by Gasteiger charge is -2.04. The topological polar surface area (TPSA) is 109 Å². The highest BCUT2D eigenvalue weighted by Crippen LogP contribution is 2.32.